The summed E-state index contributed by atoms with van der Waals surface area (Å²) in [6, 6.07) is 11.7. The number of phenolic OH excluding ortho intramolecular Hbond substituents is 1. The fourth-order valence-electron chi connectivity index (χ4n) is 4.26. The minimum atomic E-state index is -1.70. The summed E-state index contributed by atoms with van der Waals surface area (Å²) in [5.41, 5.74) is 4.12. The van der Waals surface area contributed by atoms with E-state index in [-0.39, 0.29) is 12.0 Å². The first kappa shape index (κ1) is 36.1. The summed E-state index contributed by atoms with van der Waals surface area (Å²) in [7, 11) is 0. The number of carbonyl (C=O) groups excluding carboxylic acids is 5. The van der Waals surface area contributed by atoms with Gasteiger partial charge in [0.1, 0.15) is 41.6 Å². The molecule has 0 radical (unpaired) electrons. The van der Waals surface area contributed by atoms with Gasteiger partial charge in [0.25, 0.3) is 0 Å². The maximum atomic E-state index is 14.1. The molecule has 45 heavy (non-hydrogen) atoms. The predicted molar refractivity (Wildman–Crippen MR) is 163 cm³/mol. The van der Waals surface area contributed by atoms with Crippen LogP contribution in [0.15, 0.2) is 54.6 Å². The maximum Gasteiger partial charge on any atom is 0.408 e. The highest BCUT2D eigenvalue weighted by Gasteiger charge is 2.39. The number of nitriles is 1. The topological polar surface area (TPSA) is 201 Å². The van der Waals surface area contributed by atoms with E-state index >= 15 is 0 Å². The minimum Gasteiger partial charge on any atom is -0.508 e. The summed E-state index contributed by atoms with van der Waals surface area (Å²) in [5.74, 6) is -4.09. The molecular weight excluding hydrogens is 582 g/mol. The third kappa shape index (κ3) is 11.8. The molecule has 4 amide bonds. The van der Waals surface area contributed by atoms with Crippen molar-refractivity contribution < 1.29 is 38.6 Å². The molecule has 0 saturated heterocycles. The lowest BCUT2D eigenvalue weighted by atomic mass is 9.99. The number of carbonyl (C=O) groups is 5. The molecule has 0 spiro atoms. The van der Waals surface area contributed by atoms with Gasteiger partial charge in [0.2, 0.25) is 17.7 Å². The summed E-state index contributed by atoms with van der Waals surface area (Å²) in [5, 5.41) is 25.4. The molecule has 3 unspecified atom stereocenters. The van der Waals surface area contributed by atoms with Crippen LogP contribution < -0.4 is 16.4 Å². The van der Waals surface area contributed by atoms with Crippen LogP contribution >= 0.6 is 0 Å². The Balaban J connectivity index is 2.60. The zero-order chi connectivity index (χ0) is 33.9. The number of nitrogens with two attached hydrogens (primary N) is 1. The Kier molecular flexibility index (Phi) is 12.5. The number of rotatable bonds is 12. The van der Waals surface area contributed by atoms with E-state index in [1.807, 2.05) is 6.07 Å². The molecule has 2 rings (SSSR count). The summed E-state index contributed by atoms with van der Waals surface area (Å²) in [4.78, 5) is 66.6. The number of ether oxygens (including phenoxy) is 2. The Morgan fingerprint density at radius 2 is 1.47 bits per heavy atom. The first-order valence-corrected chi connectivity index (χ1v) is 14.2. The van der Waals surface area contributed by atoms with Gasteiger partial charge in [-0.15, -0.1) is 0 Å². The average molecular weight is 624 g/mol. The molecule has 0 aliphatic heterocycles. The first-order valence-electron chi connectivity index (χ1n) is 14.2. The summed E-state index contributed by atoms with van der Waals surface area (Å²) in [6.45, 7) is 9.06. The molecular formula is C32H41N5O8. The second kappa shape index (κ2) is 15.6. The molecule has 2 aromatic carbocycles. The number of hydrogen-bond acceptors (Lipinski definition) is 9. The van der Waals surface area contributed by atoms with Crippen molar-refractivity contribution in [2.45, 2.75) is 83.7 Å². The second-order valence-corrected chi connectivity index (χ2v) is 12.2. The fourth-order valence-corrected chi connectivity index (χ4v) is 4.26. The Hall–Kier alpha value is -5.12. The molecule has 5 N–H and O–H groups in total. The van der Waals surface area contributed by atoms with E-state index in [0.29, 0.717) is 5.56 Å². The van der Waals surface area contributed by atoms with Crippen molar-refractivity contribution in [3.63, 3.8) is 0 Å². The SMILES string of the molecule is CC(C)(C)OC(=O)NC(CC(N)=O)C(=O)N(CC#N)C(C(=O)NC(Cc1ccccc1)C(=O)OC(C)(C)C)c1ccccc1O. The van der Waals surface area contributed by atoms with E-state index in [1.165, 1.54) is 24.3 Å². The van der Waals surface area contributed by atoms with Gasteiger partial charge in [0.15, 0.2) is 0 Å². The summed E-state index contributed by atoms with van der Waals surface area (Å²) < 4.78 is 10.8. The average Bonchev–Trinajstić information content (AvgIpc) is 2.91. The largest absolute Gasteiger partial charge is 0.508 e. The molecule has 0 aliphatic carbocycles. The van der Waals surface area contributed by atoms with E-state index in [4.69, 9.17) is 15.2 Å². The van der Waals surface area contributed by atoms with Crippen molar-refractivity contribution in [2.24, 2.45) is 5.73 Å². The third-order valence-corrected chi connectivity index (χ3v) is 6.00. The third-order valence-electron chi connectivity index (χ3n) is 6.00. The Labute approximate surface area is 262 Å². The van der Waals surface area contributed by atoms with Gasteiger partial charge in [-0.1, -0.05) is 48.5 Å². The van der Waals surface area contributed by atoms with Crippen molar-refractivity contribution >= 4 is 29.8 Å². The van der Waals surface area contributed by atoms with Crippen LogP contribution in [-0.2, 0) is 35.1 Å². The lowest BCUT2D eigenvalue weighted by Crippen LogP contribution is -2.55. The van der Waals surface area contributed by atoms with Gasteiger partial charge < -0.3 is 35.8 Å². The predicted octanol–water partition coefficient (Wildman–Crippen LogP) is 2.62. The Morgan fingerprint density at radius 3 is 2.00 bits per heavy atom. The number of para-hydroxylation sites is 1. The Bertz CT molecular complexity index is 1410. The highest BCUT2D eigenvalue weighted by Crippen LogP contribution is 2.30. The molecule has 0 fully saturated rings. The number of phenols is 1. The van der Waals surface area contributed by atoms with Gasteiger partial charge in [-0.25, -0.2) is 9.59 Å². The van der Waals surface area contributed by atoms with Crippen LogP contribution in [0, 0.1) is 11.3 Å². The number of alkyl carbamates (subject to hydrolysis) is 1. The van der Waals surface area contributed by atoms with E-state index in [1.54, 1.807) is 71.9 Å². The van der Waals surface area contributed by atoms with Crippen LogP contribution in [0.3, 0.4) is 0 Å². The van der Waals surface area contributed by atoms with E-state index in [9.17, 15) is 34.3 Å². The lowest BCUT2D eigenvalue weighted by molar-refractivity contribution is -0.159. The standard InChI is InChI=1S/C32H41N5O8/c1-31(2,3)44-29(42)23(18-20-12-8-7-9-13-20)35-27(40)26(21-14-10-11-15-24(21)38)37(17-16-33)28(41)22(19-25(34)39)36-30(43)45-32(4,5)6/h7-15,22-23,26,38H,17-19H2,1-6H3,(H2,34,39)(H,35,40)(H,36,43). The number of primary amides is 1. The Morgan fingerprint density at radius 1 is 0.889 bits per heavy atom. The van der Waals surface area contributed by atoms with Crippen molar-refractivity contribution in [3.05, 3.63) is 65.7 Å². The molecule has 0 bridgehead atoms. The molecule has 0 aliphatic rings. The number of hydrogen-bond donors (Lipinski definition) is 4. The molecule has 0 aromatic heterocycles. The van der Waals surface area contributed by atoms with Gasteiger partial charge in [-0.2, -0.15) is 5.26 Å². The second-order valence-electron chi connectivity index (χ2n) is 12.2. The molecule has 2 aromatic rings. The maximum absolute atomic E-state index is 14.1. The molecule has 0 heterocycles. The van der Waals surface area contributed by atoms with Gasteiger partial charge in [-0.3, -0.25) is 14.4 Å². The number of amides is 4. The van der Waals surface area contributed by atoms with Crippen LogP contribution in [0.2, 0.25) is 0 Å². The highest BCUT2D eigenvalue weighted by atomic mass is 16.6. The molecule has 242 valence electrons. The van der Waals surface area contributed by atoms with Crippen molar-refractivity contribution in [3.8, 4) is 11.8 Å². The number of esters is 1. The zero-order valence-electron chi connectivity index (χ0n) is 26.3. The van der Waals surface area contributed by atoms with Gasteiger partial charge >= 0.3 is 12.1 Å². The minimum absolute atomic E-state index is 0.0195. The number of aromatic hydroxyl groups is 1. The number of nitrogens with zero attached hydrogens (tertiary/aromatic N) is 2. The van der Waals surface area contributed by atoms with Gasteiger partial charge in [0.05, 0.1) is 12.5 Å². The molecule has 3 atom stereocenters. The van der Waals surface area contributed by atoms with Gasteiger partial charge in [0, 0.05) is 12.0 Å². The number of nitrogens with one attached hydrogen (secondary N) is 2. The monoisotopic (exact) mass is 623 g/mol. The lowest BCUT2D eigenvalue weighted by Gasteiger charge is -2.34. The van der Waals surface area contributed by atoms with Crippen molar-refractivity contribution in [1.29, 1.82) is 5.26 Å². The fraction of sp³-hybridized carbons (Fsp3) is 0.438. The van der Waals surface area contributed by atoms with E-state index in [0.717, 1.165) is 4.90 Å². The van der Waals surface area contributed by atoms with Crippen LogP contribution in [0.1, 0.15) is 65.1 Å². The molecule has 13 nitrogen and oxygen atoms in total. The van der Waals surface area contributed by atoms with Crippen molar-refractivity contribution in [2.75, 3.05) is 6.54 Å². The normalized spacial score (nSPS) is 13.3. The van der Waals surface area contributed by atoms with Crippen molar-refractivity contribution in [1.82, 2.24) is 15.5 Å². The van der Waals surface area contributed by atoms with Crippen LogP contribution in [0.5, 0.6) is 5.75 Å². The van der Waals surface area contributed by atoms with E-state index in [2.05, 4.69) is 10.6 Å². The zero-order valence-corrected chi connectivity index (χ0v) is 26.3. The summed E-state index contributed by atoms with van der Waals surface area (Å²) >= 11 is 0. The first-order chi connectivity index (χ1) is 20.9. The van der Waals surface area contributed by atoms with E-state index < -0.39 is 77.8 Å². The molecule has 0 saturated carbocycles. The quantitative estimate of drug-likeness (QED) is 0.203. The van der Waals surface area contributed by atoms with Crippen LogP contribution in [0.4, 0.5) is 4.79 Å². The van der Waals surface area contributed by atoms with Crippen LogP contribution in [-0.4, -0.2) is 69.6 Å². The van der Waals surface area contributed by atoms with Crippen LogP contribution in [0.25, 0.3) is 0 Å². The molecule has 13 heteroatoms. The summed E-state index contributed by atoms with van der Waals surface area (Å²) in [6.07, 6.45) is -1.72. The highest BCUT2D eigenvalue weighted by molar-refractivity contribution is 5.96. The van der Waals surface area contributed by atoms with Gasteiger partial charge in [-0.05, 0) is 53.2 Å². The number of benzene rings is 2. The smallest absolute Gasteiger partial charge is 0.408 e.